The number of sulfonamides is 1. The maximum atomic E-state index is 13.3. The Morgan fingerprint density at radius 1 is 0.971 bits per heavy atom. The lowest BCUT2D eigenvalue weighted by molar-refractivity contribution is -0.284. The zero-order valence-electron chi connectivity index (χ0n) is 18.7. The summed E-state index contributed by atoms with van der Waals surface area (Å²) in [5.41, 5.74) is 1.16. The number of hydrogen-bond donors (Lipinski definition) is 1. The van der Waals surface area contributed by atoms with E-state index in [-0.39, 0.29) is 23.7 Å². The number of carbonyl (C=O) groups excluding carboxylic acids is 1. The molecule has 1 atom stereocenters. The molecular weight excluding hydrogens is 500 g/mol. The van der Waals surface area contributed by atoms with Crippen molar-refractivity contribution >= 4 is 16.0 Å². The molecule has 0 aliphatic carbocycles. The minimum absolute atomic E-state index is 0.200. The van der Waals surface area contributed by atoms with E-state index in [1.807, 2.05) is 0 Å². The lowest BCUT2D eigenvalue weighted by Gasteiger charge is -2.23. The van der Waals surface area contributed by atoms with Gasteiger partial charge in [-0.25, -0.2) is 17.5 Å². The van der Waals surface area contributed by atoms with E-state index >= 15 is 0 Å². The number of alkyl halides is 5. The summed E-state index contributed by atoms with van der Waals surface area (Å²) in [6, 6.07) is 9.13. The van der Waals surface area contributed by atoms with Crippen LogP contribution in [0.1, 0.15) is 49.3 Å². The van der Waals surface area contributed by atoms with Crippen molar-refractivity contribution in [3.8, 4) is 0 Å². The maximum Gasteiger partial charge on any atom is 0.453 e. The summed E-state index contributed by atoms with van der Waals surface area (Å²) in [6.45, 7) is 0. The Hall–Kier alpha value is -2.60. The summed E-state index contributed by atoms with van der Waals surface area (Å²) in [5.74, 6) is -5.94. The van der Waals surface area contributed by atoms with Gasteiger partial charge in [0.2, 0.25) is 10.0 Å². The molecule has 12 heteroatoms. The number of aryl methyl sites for hydroxylation is 1. The minimum Gasteiger partial charge on any atom is -0.469 e. The SMILES string of the molecule is COC(=O)CCCc1ccc([C@@H](CCCC(F)(F)C(F)(F)F)NS(=O)(=O)c2ccc(F)cc2)cc1. The molecule has 35 heavy (non-hydrogen) atoms. The molecule has 5 nitrogen and oxygen atoms in total. The molecule has 2 rings (SSSR count). The summed E-state index contributed by atoms with van der Waals surface area (Å²) in [7, 11) is -2.96. The second kappa shape index (κ2) is 11.9. The van der Waals surface area contributed by atoms with Gasteiger partial charge in [-0.2, -0.15) is 22.0 Å². The van der Waals surface area contributed by atoms with Gasteiger partial charge in [-0.15, -0.1) is 0 Å². The van der Waals surface area contributed by atoms with E-state index in [4.69, 9.17) is 0 Å². The van der Waals surface area contributed by atoms with E-state index in [0.29, 0.717) is 18.4 Å². The molecule has 2 aromatic rings. The number of carbonyl (C=O) groups is 1. The Labute approximate surface area is 199 Å². The van der Waals surface area contributed by atoms with Crippen molar-refractivity contribution in [3.63, 3.8) is 0 Å². The predicted molar refractivity (Wildman–Crippen MR) is 116 cm³/mol. The summed E-state index contributed by atoms with van der Waals surface area (Å²) in [5, 5.41) is 0. The molecule has 1 N–H and O–H groups in total. The highest BCUT2D eigenvalue weighted by molar-refractivity contribution is 7.89. The molecule has 2 aromatic carbocycles. The van der Waals surface area contributed by atoms with E-state index in [9.17, 15) is 39.6 Å². The summed E-state index contributed by atoms with van der Waals surface area (Å²) in [4.78, 5) is 10.9. The first-order chi connectivity index (χ1) is 16.2. The molecule has 0 aromatic heterocycles. The van der Waals surface area contributed by atoms with Crippen LogP contribution in [0, 0.1) is 5.82 Å². The number of methoxy groups -OCH3 is 1. The first kappa shape index (κ1) is 28.6. The van der Waals surface area contributed by atoms with Crippen LogP contribution in [0.15, 0.2) is 53.4 Å². The van der Waals surface area contributed by atoms with Crippen LogP contribution in [0.25, 0.3) is 0 Å². The Morgan fingerprint density at radius 3 is 2.11 bits per heavy atom. The molecule has 0 fully saturated rings. The smallest absolute Gasteiger partial charge is 0.453 e. The second-order valence-electron chi connectivity index (χ2n) is 7.89. The van der Waals surface area contributed by atoms with Gasteiger partial charge in [0.15, 0.2) is 0 Å². The van der Waals surface area contributed by atoms with Crippen molar-refractivity contribution < 1.29 is 44.3 Å². The molecule has 0 bridgehead atoms. The molecule has 0 heterocycles. The average molecular weight is 526 g/mol. The fourth-order valence-electron chi connectivity index (χ4n) is 3.29. The van der Waals surface area contributed by atoms with Gasteiger partial charge in [0.05, 0.1) is 12.0 Å². The monoisotopic (exact) mass is 525 g/mol. The zero-order chi connectivity index (χ0) is 26.3. The standard InChI is InChI=1S/C23H25F6NO4S/c1-34-21(31)6-2-4-16-7-9-17(10-8-16)20(5-3-15-22(25,26)23(27,28)29)30-35(32,33)19-13-11-18(24)12-14-19/h7-14,20,30H,2-6,15H2,1H3/t20-/m1/s1. The fourth-order valence-corrected chi connectivity index (χ4v) is 4.55. The lowest BCUT2D eigenvalue weighted by Crippen LogP contribution is -2.36. The molecule has 0 unspecified atom stereocenters. The number of nitrogens with one attached hydrogen (secondary N) is 1. The van der Waals surface area contributed by atoms with Crippen LogP contribution in [0.4, 0.5) is 26.3 Å². The van der Waals surface area contributed by atoms with Gasteiger partial charge < -0.3 is 4.74 Å². The van der Waals surface area contributed by atoms with Crippen LogP contribution in [-0.4, -0.2) is 33.6 Å². The number of halogens is 6. The zero-order valence-corrected chi connectivity index (χ0v) is 19.6. The van der Waals surface area contributed by atoms with Gasteiger partial charge in [-0.05, 0) is 61.1 Å². The van der Waals surface area contributed by atoms with Crippen molar-refractivity contribution in [2.24, 2.45) is 0 Å². The van der Waals surface area contributed by atoms with Crippen molar-refractivity contribution in [1.82, 2.24) is 4.72 Å². The number of hydrogen-bond acceptors (Lipinski definition) is 4. The van der Waals surface area contributed by atoms with Gasteiger partial charge in [-0.1, -0.05) is 24.3 Å². The van der Waals surface area contributed by atoms with Gasteiger partial charge in [0, 0.05) is 18.9 Å². The lowest BCUT2D eigenvalue weighted by atomic mass is 9.98. The first-order valence-corrected chi connectivity index (χ1v) is 12.1. The molecule has 0 aliphatic rings. The normalized spacial score (nSPS) is 13.5. The highest BCUT2D eigenvalue weighted by Crippen LogP contribution is 2.39. The molecule has 0 amide bonds. The van der Waals surface area contributed by atoms with E-state index in [1.165, 1.54) is 19.2 Å². The van der Waals surface area contributed by atoms with E-state index in [2.05, 4.69) is 9.46 Å². The Bertz CT molecular complexity index is 1070. The third kappa shape index (κ3) is 8.53. The summed E-state index contributed by atoms with van der Waals surface area (Å²) < 4.78 is 110. The first-order valence-electron chi connectivity index (χ1n) is 10.6. The molecule has 0 radical (unpaired) electrons. The quantitative estimate of drug-likeness (QED) is 0.285. The second-order valence-corrected chi connectivity index (χ2v) is 9.61. The third-order valence-corrected chi connectivity index (χ3v) is 6.76. The molecule has 0 saturated carbocycles. The summed E-state index contributed by atoms with van der Waals surface area (Å²) in [6.07, 6.45) is -6.96. The van der Waals surface area contributed by atoms with Crippen LogP contribution < -0.4 is 4.72 Å². The van der Waals surface area contributed by atoms with Crippen molar-refractivity contribution in [1.29, 1.82) is 0 Å². The summed E-state index contributed by atoms with van der Waals surface area (Å²) >= 11 is 0. The van der Waals surface area contributed by atoms with Crippen molar-refractivity contribution in [3.05, 3.63) is 65.5 Å². The molecule has 0 spiro atoms. The predicted octanol–water partition coefficient (Wildman–Crippen LogP) is 5.71. The molecule has 0 aliphatic heterocycles. The molecule has 194 valence electrons. The van der Waals surface area contributed by atoms with Gasteiger partial charge in [0.25, 0.3) is 0 Å². The van der Waals surface area contributed by atoms with Crippen LogP contribution in [0.2, 0.25) is 0 Å². The van der Waals surface area contributed by atoms with Crippen LogP contribution >= 0.6 is 0 Å². The topological polar surface area (TPSA) is 72.5 Å². The Balaban J connectivity index is 2.19. The number of benzene rings is 2. The van der Waals surface area contributed by atoms with Crippen LogP contribution in [0.5, 0.6) is 0 Å². The largest absolute Gasteiger partial charge is 0.469 e. The van der Waals surface area contributed by atoms with E-state index in [0.717, 1.165) is 29.8 Å². The number of esters is 1. The fraction of sp³-hybridized carbons (Fsp3) is 0.435. The van der Waals surface area contributed by atoms with E-state index in [1.54, 1.807) is 12.1 Å². The highest BCUT2D eigenvalue weighted by Gasteiger charge is 2.56. The number of rotatable bonds is 12. The van der Waals surface area contributed by atoms with Crippen LogP contribution in [-0.2, 0) is 26.0 Å². The van der Waals surface area contributed by atoms with Crippen molar-refractivity contribution in [2.75, 3.05) is 7.11 Å². The number of ether oxygens (including phenoxy) is 1. The van der Waals surface area contributed by atoms with Gasteiger partial charge in [-0.3, -0.25) is 4.79 Å². The van der Waals surface area contributed by atoms with Gasteiger partial charge in [0.1, 0.15) is 5.82 Å². The Kier molecular flexibility index (Phi) is 9.73. The minimum atomic E-state index is -5.71. The third-order valence-electron chi connectivity index (χ3n) is 5.28. The molecule has 0 saturated heterocycles. The average Bonchev–Trinajstić information content (AvgIpc) is 2.78. The van der Waals surface area contributed by atoms with E-state index < -0.39 is 46.8 Å². The van der Waals surface area contributed by atoms with Crippen molar-refractivity contribution in [2.45, 2.75) is 61.6 Å². The maximum absolute atomic E-state index is 13.3. The highest BCUT2D eigenvalue weighted by atomic mass is 32.2. The van der Waals surface area contributed by atoms with Crippen LogP contribution in [0.3, 0.4) is 0 Å². The van der Waals surface area contributed by atoms with Gasteiger partial charge >= 0.3 is 18.1 Å². The molecular formula is C23H25F6NO4S. The Morgan fingerprint density at radius 2 is 1.57 bits per heavy atom.